The number of aromatic nitrogens is 2. The number of alkyl halides is 25. The van der Waals surface area contributed by atoms with Crippen LogP contribution in [-0.2, 0) is 56.0 Å². The lowest BCUT2D eigenvalue weighted by atomic mass is 9.12. The van der Waals surface area contributed by atoms with Crippen LogP contribution in [-0.4, -0.2) is 16.6 Å². The summed E-state index contributed by atoms with van der Waals surface area (Å²) in [7, 11) is 0. The minimum absolute atomic E-state index is 0.466. The molecule has 73 heavy (non-hydrogen) atoms. The molecule has 6 rings (SSSR count). The molecule has 1 aromatic heterocycles. The van der Waals surface area contributed by atoms with Crippen molar-refractivity contribution in [1.29, 1.82) is 0 Å². The molecule has 0 N–H and O–H groups in total. The predicted molar refractivity (Wildman–Crippen MR) is 214 cm³/mol. The summed E-state index contributed by atoms with van der Waals surface area (Å²) < 4.78 is 348. The van der Waals surface area contributed by atoms with Crippen molar-refractivity contribution in [2.75, 3.05) is 5.52 Å². The molecule has 0 bridgehead atoms. The molecule has 0 unspecified atom stereocenters. The van der Waals surface area contributed by atoms with E-state index in [1.54, 1.807) is 12.4 Å². The fraction of sp³-hybridized carbons (Fsp3) is 0.227. The Hall–Kier alpha value is -6.16. The Morgan fingerprint density at radius 3 is 0.890 bits per heavy atom. The molecule has 5 aromatic carbocycles. The van der Waals surface area contributed by atoms with Gasteiger partial charge < -0.3 is 4.74 Å². The van der Waals surface area contributed by atoms with E-state index in [-0.39, 0.29) is 0 Å². The van der Waals surface area contributed by atoms with Gasteiger partial charge in [-0.05, 0) is 40.2 Å². The quantitative estimate of drug-likeness (QED) is 0.0657. The number of halogens is 25. The fourth-order valence-corrected chi connectivity index (χ4v) is 7.77. The topological polar surface area (TPSA) is 26.0 Å². The van der Waals surface area contributed by atoms with Crippen molar-refractivity contribution in [3.05, 3.63) is 172 Å². The van der Waals surface area contributed by atoms with Crippen molar-refractivity contribution in [3.8, 4) is 5.88 Å². The third kappa shape index (κ3) is 13.7. The van der Waals surface area contributed by atoms with Crippen LogP contribution in [0.4, 0.5) is 105 Å². The molecule has 0 fully saturated rings. The summed E-state index contributed by atoms with van der Waals surface area (Å²) in [6.45, 7) is 0.783. The van der Waals surface area contributed by atoms with Gasteiger partial charge in [0, 0.05) is 5.56 Å². The van der Waals surface area contributed by atoms with E-state index >= 15 is 0 Å². The molecular weight excluding hydrogens is 1120 g/mol. The number of rotatable bonds is 8. The van der Waals surface area contributed by atoms with Gasteiger partial charge in [0.25, 0.3) is 0 Å². The molecular formula is C44H24BBrF24N2O. The van der Waals surface area contributed by atoms with Crippen LogP contribution in [0.2, 0.25) is 0 Å². The van der Waals surface area contributed by atoms with E-state index in [9.17, 15) is 105 Å². The summed E-state index contributed by atoms with van der Waals surface area (Å²) in [4.78, 5) is 4.04. The molecule has 0 atom stereocenters. The Morgan fingerprint density at radius 2 is 0.658 bits per heavy atom. The van der Waals surface area contributed by atoms with Gasteiger partial charge in [0.05, 0.1) is 50.7 Å². The van der Waals surface area contributed by atoms with E-state index in [0.717, 1.165) is 12.4 Å². The van der Waals surface area contributed by atoms with Crippen molar-refractivity contribution in [2.45, 2.75) is 56.0 Å². The molecule has 0 amide bonds. The first kappa shape index (κ1) is 57.7. The number of benzene rings is 5. The van der Waals surface area contributed by atoms with E-state index in [0.29, 0.717) is 5.52 Å². The van der Waals surface area contributed by atoms with Gasteiger partial charge in [-0.1, -0.05) is 78.9 Å². The van der Waals surface area contributed by atoms with Crippen LogP contribution in [0.1, 0.15) is 50.1 Å². The van der Waals surface area contributed by atoms with Gasteiger partial charge >= 0.3 is 55.3 Å². The van der Waals surface area contributed by atoms with Gasteiger partial charge in [-0.15, -0.1) is 0 Å². The number of hydrogen-bond donors (Lipinski definition) is 0. The molecule has 29 heteroatoms. The van der Waals surface area contributed by atoms with Crippen LogP contribution in [0.3, 0.4) is 0 Å². The molecule has 0 saturated carbocycles. The lowest BCUT2D eigenvalue weighted by molar-refractivity contribution is -0.693. The Morgan fingerprint density at radius 1 is 0.397 bits per heavy atom. The van der Waals surface area contributed by atoms with Crippen LogP contribution >= 0.6 is 15.9 Å². The Balaban J connectivity index is 0.000000520. The van der Waals surface area contributed by atoms with Gasteiger partial charge in [0.15, 0.2) is 12.7 Å². The summed E-state index contributed by atoms with van der Waals surface area (Å²) in [6.07, 6.45) is -49.4. The molecule has 0 radical (unpaired) electrons. The predicted octanol–water partition coefficient (Wildman–Crippen LogP) is 13.4. The molecule has 0 aliphatic carbocycles. The third-order valence-corrected chi connectivity index (χ3v) is 10.9. The minimum atomic E-state index is -6.13. The maximum absolute atomic E-state index is 14.2. The van der Waals surface area contributed by atoms with Crippen LogP contribution in [0, 0.1) is 0 Å². The Bertz CT molecular complexity index is 2460. The average molecular weight is 1140 g/mol. The highest BCUT2D eigenvalue weighted by atomic mass is 79.9. The molecule has 0 aliphatic heterocycles. The second-order valence-corrected chi connectivity index (χ2v) is 16.0. The summed E-state index contributed by atoms with van der Waals surface area (Å²) in [6, 6.07) is 1.44. The van der Waals surface area contributed by atoms with Crippen LogP contribution in [0.5, 0.6) is 5.88 Å². The van der Waals surface area contributed by atoms with Gasteiger partial charge in [-0.2, -0.15) is 132 Å². The lowest BCUT2D eigenvalue weighted by Gasteiger charge is -2.46. The zero-order valence-corrected chi connectivity index (χ0v) is 36.9. The molecule has 0 spiro atoms. The molecule has 1 heterocycles. The highest BCUT2D eigenvalue weighted by Crippen LogP contribution is 2.41. The largest absolute Gasteiger partial charge is 0.432 e. The minimum Gasteiger partial charge on any atom is -0.432 e. The van der Waals surface area contributed by atoms with Gasteiger partial charge in [-0.3, -0.25) is 0 Å². The van der Waals surface area contributed by atoms with Crippen molar-refractivity contribution in [1.82, 2.24) is 4.98 Å². The van der Waals surface area contributed by atoms with Crippen LogP contribution in [0.15, 0.2) is 122 Å². The monoisotopic (exact) mass is 1140 g/mol. The average Bonchev–Trinajstić information content (AvgIpc) is 3.25. The van der Waals surface area contributed by atoms with Crippen molar-refractivity contribution in [2.24, 2.45) is 0 Å². The summed E-state index contributed by atoms with van der Waals surface area (Å²) >= 11 is 3.24. The maximum Gasteiger partial charge on any atom is 0.416 e. The van der Waals surface area contributed by atoms with Gasteiger partial charge in [0.2, 0.25) is 0 Å². The van der Waals surface area contributed by atoms with Crippen molar-refractivity contribution in [3.63, 3.8) is 0 Å². The summed E-state index contributed by atoms with van der Waals surface area (Å²) in [5.74, 6) is 0.753. The highest BCUT2D eigenvalue weighted by Gasteiger charge is 2.47. The first-order chi connectivity index (χ1) is 33.2. The van der Waals surface area contributed by atoms with Crippen molar-refractivity contribution < 1.29 is 115 Å². The number of ether oxygens (including phenoxy) is 1. The van der Waals surface area contributed by atoms with Gasteiger partial charge in [0.1, 0.15) is 17.9 Å². The smallest absolute Gasteiger partial charge is 0.416 e. The standard InChI is InChI=1S/C32H12BF24.C12H12BrN2O/c34-25(35,36)13-1-14(26(37,38)39)6-21(5-13)33(22-7-15(27(40,41)42)2-16(8-22)28(43,44)45,23-9-17(29(46,47)48)3-18(10-23)30(49,50)51)24-11-19(31(52,53)54)4-20(12-24)32(55,56)57;13-10-16-12-8-14-6-7-15(12)9-11-4-2-1-3-5-11/h1-12H;1-8H,9-10H2/q-1;+1. The lowest BCUT2D eigenvalue weighted by Crippen LogP contribution is -2.75. The maximum atomic E-state index is 14.2. The molecule has 394 valence electrons. The van der Waals surface area contributed by atoms with Gasteiger partial charge in [-0.25, -0.2) is 4.98 Å². The van der Waals surface area contributed by atoms with E-state index in [1.165, 1.54) is 5.56 Å². The molecule has 6 aromatic rings. The first-order valence-corrected chi connectivity index (χ1v) is 20.7. The highest BCUT2D eigenvalue weighted by molar-refractivity contribution is 9.09. The van der Waals surface area contributed by atoms with E-state index in [4.69, 9.17) is 4.74 Å². The number of hydrogen-bond acceptors (Lipinski definition) is 2. The summed E-state index contributed by atoms with van der Waals surface area (Å²) in [5.41, 5.74) is -28.5. The second-order valence-electron chi connectivity index (χ2n) is 15.5. The SMILES string of the molecule is BrCOc1cncc[n+]1Cc1ccccc1.FC(F)(F)c1cc([B-](c2cc(C(F)(F)F)cc(C(F)(F)F)c2)(c2cc(C(F)(F)F)cc(C(F)(F)F)c2)c2cc(C(F)(F)F)cc(C(F)(F)F)c2)cc(C(F)(F)F)c1. The third-order valence-electron chi connectivity index (χ3n) is 10.6. The zero-order chi connectivity index (χ0) is 55.1. The fourth-order valence-electron chi connectivity index (χ4n) is 7.53. The molecule has 3 nitrogen and oxygen atoms in total. The zero-order valence-electron chi connectivity index (χ0n) is 35.3. The number of nitrogens with zero attached hydrogens (tertiary/aromatic N) is 2. The second kappa shape index (κ2) is 20.3. The van der Waals surface area contributed by atoms with Crippen LogP contribution < -0.4 is 31.2 Å². The molecule has 0 saturated heterocycles. The van der Waals surface area contributed by atoms with E-state index < -0.39 is 195 Å². The molecule has 0 aliphatic rings. The normalized spacial score (nSPS) is 13.4. The van der Waals surface area contributed by atoms with E-state index in [2.05, 4.69) is 33.0 Å². The van der Waals surface area contributed by atoms with Crippen LogP contribution in [0.25, 0.3) is 0 Å². The van der Waals surface area contributed by atoms with Crippen molar-refractivity contribution >= 4 is 43.9 Å². The Kier molecular flexibility index (Phi) is 16.0. The Labute approximate surface area is 402 Å². The first-order valence-electron chi connectivity index (χ1n) is 19.6. The van der Waals surface area contributed by atoms with E-state index in [1.807, 2.05) is 29.0 Å². The summed E-state index contributed by atoms with van der Waals surface area (Å²) in [5, 5.41) is 0.